The van der Waals surface area contributed by atoms with Gasteiger partial charge in [0.25, 0.3) is 0 Å². The van der Waals surface area contributed by atoms with E-state index >= 15 is 0 Å². The molecule has 4 aromatic rings. The molecule has 0 aliphatic carbocycles. The van der Waals surface area contributed by atoms with Crippen LogP contribution in [0.3, 0.4) is 0 Å². The fraction of sp³-hybridized carbons (Fsp3) is 0.107. The van der Waals surface area contributed by atoms with E-state index in [4.69, 9.17) is 11.6 Å². The van der Waals surface area contributed by atoms with Crippen LogP contribution in [0.25, 0.3) is 22.3 Å². The zero-order valence-electron chi connectivity index (χ0n) is 17.5. The lowest BCUT2D eigenvalue weighted by Crippen LogP contribution is -2.03. The molecule has 0 saturated heterocycles. The topological polar surface area (TPSA) is 37.3 Å². The fourth-order valence-electron chi connectivity index (χ4n) is 3.82. The Hall–Kier alpha value is -3.36. The number of halogens is 1. The Morgan fingerprint density at radius 1 is 0.774 bits per heavy atom. The van der Waals surface area contributed by atoms with E-state index in [9.17, 15) is 9.90 Å². The summed E-state index contributed by atoms with van der Waals surface area (Å²) in [5.41, 5.74) is 5.36. The van der Waals surface area contributed by atoms with Crippen molar-refractivity contribution in [2.24, 2.45) is 0 Å². The van der Waals surface area contributed by atoms with Crippen molar-refractivity contribution in [3.8, 4) is 28.0 Å². The zero-order valence-corrected chi connectivity index (χ0v) is 18.2. The van der Waals surface area contributed by atoms with E-state index in [1.165, 1.54) is 5.56 Å². The molecule has 0 atom stereocenters. The minimum atomic E-state index is -0.211. The van der Waals surface area contributed by atoms with Crippen molar-refractivity contribution in [1.29, 1.82) is 0 Å². The molecule has 0 aliphatic heterocycles. The van der Waals surface area contributed by atoms with E-state index in [0.717, 1.165) is 16.7 Å². The van der Waals surface area contributed by atoms with Gasteiger partial charge in [0.2, 0.25) is 0 Å². The van der Waals surface area contributed by atoms with Crippen LogP contribution in [0.15, 0.2) is 91.0 Å². The van der Waals surface area contributed by atoms with Crippen molar-refractivity contribution >= 4 is 17.4 Å². The second-order valence-electron chi connectivity index (χ2n) is 7.86. The highest BCUT2D eigenvalue weighted by Crippen LogP contribution is 2.40. The van der Waals surface area contributed by atoms with Crippen molar-refractivity contribution in [2.45, 2.75) is 19.8 Å². The molecule has 4 aromatic carbocycles. The summed E-state index contributed by atoms with van der Waals surface area (Å²) in [5.74, 6) is 0.0800. The molecule has 0 fully saturated rings. The second kappa shape index (κ2) is 8.79. The molecule has 0 radical (unpaired) electrons. The van der Waals surface area contributed by atoms with Gasteiger partial charge in [0.05, 0.1) is 5.56 Å². The van der Waals surface area contributed by atoms with Crippen LogP contribution in [0.4, 0.5) is 0 Å². The molecule has 0 aliphatic rings. The predicted octanol–water partition coefficient (Wildman–Crippen LogP) is 7.73. The van der Waals surface area contributed by atoms with Crippen molar-refractivity contribution in [1.82, 2.24) is 0 Å². The first-order valence-corrected chi connectivity index (χ1v) is 10.7. The SMILES string of the molecule is CC(C)c1ccccc1-c1cc(C(=O)c2ccccc2)c(O)c(-c2ccc(Cl)cc2)c1. The normalized spacial score (nSPS) is 11.0. The van der Waals surface area contributed by atoms with E-state index in [1.807, 2.05) is 48.5 Å². The summed E-state index contributed by atoms with van der Waals surface area (Å²) in [7, 11) is 0. The first-order chi connectivity index (χ1) is 15.0. The average molecular weight is 427 g/mol. The monoisotopic (exact) mass is 426 g/mol. The van der Waals surface area contributed by atoms with Crippen molar-refractivity contribution < 1.29 is 9.90 Å². The van der Waals surface area contributed by atoms with Gasteiger partial charge in [0.15, 0.2) is 5.78 Å². The van der Waals surface area contributed by atoms with Crippen LogP contribution in [0.1, 0.15) is 41.3 Å². The van der Waals surface area contributed by atoms with Gasteiger partial charge in [0.1, 0.15) is 5.75 Å². The molecule has 154 valence electrons. The third-order valence-corrected chi connectivity index (χ3v) is 5.69. The lowest BCUT2D eigenvalue weighted by atomic mass is 9.88. The Morgan fingerprint density at radius 2 is 1.42 bits per heavy atom. The van der Waals surface area contributed by atoms with Gasteiger partial charge < -0.3 is 5.11 Å². The molecule has 0 heterocycles. The van der Waals surface area contributed by atoms with Crippen molar-refractivity contribution in [2.75, 3.05) is 0 Å². The van der Waals surface area contributed by atoms with Crippen LogP contribution in [0, 0.1) is 0 Å². The quantitative estimate of drug-likeness (QED) is 0.331. The van der Waals surface area contributed by atoms with E-state index in [1.54, 1.807) is 30.3 Å². The van der Waals surface area contributed by atoms with E-state index in [-0.39, 0.29) is 17.1 Å². The molecule has 2 nitrogen and oxygen atoms in total. The summed E-state index contributed by atoms with van der Waals surface area (Å²) in [6.07, 6.45) is 0. The van der Waals surface area contributed by atoms with E-state index < -0.39 is 0 Å². The van der Waals surface area contributed by atoms with Crippen LogP contribution in [0.5, 0.6) is 5.75 Å². The Kier molecular flexibility index (Phi) is 5.92. The summed E-state index contributed by atoms with van der Waals surface area (Å²) >= 11 is 6.07. The van der Waals surface area contributed by atoms with E-state index in [2.05, 4.69) is 26.0 Å². The molecule has 0 amide bonds. The lowest BCUT2D eigenvalue weighted by molar-refractivity contribution is 0.103. The zero-order chi connectivity index (χ0) is 22.0. The average Bonchev–Trinajstić information content (AvgIpc) is 2.80. The summed E-state index contributed by atoms with van der Waals surface area (Å²) in [6.45, 7) is 4.30. The highest BCUT2D eigenvalue weighted by molar-refractivity contribution is 6.30. The number of carbonyl (C=O) groups is 1. The van der Waals surface area contributed by atoms with Gasteiger partial charge >= 0.3 is 0 Å². The molecule has 0 spiro atoms. The largest absolute Gasteiger partial charge is 0.507 e. The highest BCUT2D eigenvalue weighted by Gasteiger charge is 2.20. The van der Waals surface area contributed by atoms with Gasteiger partial charge in [-0.1, -0.05) is 92.2 Å². The third-order valence-electron chi connectivity index (χ3n) is 5.44. The number of ketones is 1. The smallest absolute Gasteiger partial charge is 0.196 e. The Balaban J connectivity index is 1.97. The van der Waals surface area contributed by atoms with Gasteiger partial charge in [-0.2, -0.15) is 0 Å². The first-order valence-electron chi connectivity index (χ1n) is 10.3. The second-order valence-corrected chi connectivity index (χ2v) is 8.30. The Morgan fingerprint density at radius 3 is 2.10 bits per heavy atom. The van der Waals surface area contributed by atoms with Gasteiger partial charge in [-0.3, -0.25) is 4.79 Å². The summed E-state index contributed by atoms with van der Waals surface area (Å²) < 4.78 is 0. The number of phenols is 1. The maximum absolute atomic E-state index is 13.3. The molecule has 3 heteroatoms. The summed E-state index contributed by atoms with van der Waals surface area (Å²) in [5, 5.41) is 11.8. The third kappa shape index (κ3) is 4.26. The van der Waals surface area contributed by atoms with Crippen molar-refractivity contribution in [3.05, 3.63) is 113 Å². The van der Waals surface area contributed by atoms with Crippen LogP contribution < -0.4 is 0 Å². The number of rotatable bonds is 5. The van der Waals surface area contributed by atoms with Gasteiger partial charge in [-0.05, 0) is 52.4 Å². The number of phenolic OH excluding ortho intramolecular Hbond substituents is 1. The van der Waals surface area contributed by atoms with Gasteiger partial charge in [-0.25, -0.2) is 0 Å². The molecule has 0 unspecified atom stereocenters. The number of carbonyl (C=O) groups excluding carboxylic acids is 1. The van der Waals surface area contributed by atoms with Crippen LogP contribution in [0.2, 0.25) is 5.02 Å². The van der Waals surface area contributed by atoms with Crippen LogP contribution in [-0.2, 0) is 0 Å². The Labute approximate surface area is 187 Å². The van der Waals surface area contributed by atoms with E-state index in [0.29, 0.717) is 22.1 Å². The van der Waals surface area contributed by atoms with Gasteiger partial charge in [0, 0.05) is 16.1 Å². The lowest BCUT2D eigenvalue weighted by Gasteiger charge is -2.17. The maximum atomic E-state index is 13.3. The maximum Gasteiger partial charge on any atom is 0.196 e. The number of aromatic hydroxyl groups is 1. The molecule has 0 aromatic heterocycles. The molecule has 31 heavy (non-hydrogen) atoms. The number of hydrogen-bond acceptors (Lipinski definition) is 2. The summed E-state index contributed by atoms with van der Waals surface area (Å²) in [4.78, 5) is 13.3. The molecule has 4 rings (SSSR count). The molecular weight excluding hydrogens is 404 g/mol. The molecule has 0 saturated carbocycles. The number of hydrogen-bond donors (Lipinski definition) is 1. The van der Waals surface area contributed by atoms with Crippen LogP contribution in [-0.4, -0.2) is 10.9 Å². The molecule has 1 N–H and O–H groups in total. The predicted molar refractivity (Wildman–Crippen MR) is 128 cm³/mol. The molecule has 0 bridgehead atoms. The van der Waals surface area contributed by atoms with Crippen LogP contribution >= 0.6 is 11.6 Å². The first kappa shape index (κ1) is 20.9. The highest BCUT2D eigenvalue weighted by atomic mass is 35.5. The van der Waals surface area contributed by atoms with Crippen molar-refractivity contribution in [3.63, 3.8) is 0 Å². The minimum absolute atomic E-state index is 0.0260. The number of benzene rings is 4. The fourth-order valence-corrected chi connectivity index (χ4v) is 3.95. The minimum Gasteiger partial charge on any atom is -0.507 e. The standard InChI is InChI=1S/C28H23ClO2/c1-18(2)23-10-6-7-11-24(23)21-16-25(19-12-14-22(29)15-13-19)28(31)26(17-21)27(30)20-8-4-3-5-9-20/h3-18,31H,1-2H3. The molecular formula is C28H23ClO2. The summed E-state index contributed by atoms with van der Waals surface area (Å²) in [6, 6.07) is 28.2. The Bertz CT molecular complexity index is 1230. The van der Waals surface area contributed by atoms with Gasteiger partial charge in [-0.15, -0.1) is 0 Å².